The molecule has 0 saturated carbocycles. The van der Waals surface area contributed by atoms with Crippen molar-refractivity contribution in [3.05, 3.63) is 30.3 Å². The molecule has 0 aliphatic rings. The average Bonchev–Trinajstić information content (AvgIpc) is 2.39. The highest BCUT2D eigenvalue weighted by Gasteiger charge is 2.01. The molecular weight excluding hydrogens is 212 g/mol. The van der Waals surface area contributed by atoms with Crippen LogP contribution in [0, 0.1) is 11.3 Å². The highest BCUT2D eigenvalue weighted by atomic mass is 16.5. The van der Waals surface area contributed by atoms with Crippen molar-refractivity contribution in [2.45, 2.75) is 19.8 Å². The number of hydrogen-bond donors (Lipinski definition) is 0. The number of rotatable bonds is 8. The Bertz CT molecular complexity index is 332. The Morgan fingerprint density at radius 1 is 1.24 bits per heavy atom. The van der Waals surface area contributed by atoms with Gasteiger partial charge < -0.3 is 9.64 Å². The zero-order chi connectivity index (χ0) is 12.3. The smallest absolute Gasteiger partial charge is 0.119 e. The van der Waals surface area contributed by atoms with Gasteiger partial charge in [-0.3, -0.25) is 0 Å². The number of hydrogen-bond acceptors (Lipinski definition) is 3. The van der Waals surface area contributed by atoms with Crippen LogP contribution < -0.4 is 4.74 Å². The van der Waals surface area contributed by atoms with Crippen LogP contribution in [0.1, 0.15) is 19.8 Å². The van der Waals surface area contributed by atoms with Crippen LogP contribution in [0.3, 0.4) is 0 Å². The Labute approximate surface area is 104 Å². The number of ether oxygens (including phenoxy) is 1. The predicted molar refractivity (Wildman–Crippen MR) is 68.9 cm³/mol. The van der Waals surface area contributed by atoms with Gasteiger partial charge in [0.05, 0.1) is 12.7 Å². The third-order valence-electron chi connectivity index (χ3n) is 2.62. The summed E-state index contributed by atoms with van der Waals surface area (Å²) in [6.45, 7) is 5.69. The van der Waals surface area contributed by atoms with E-state index >= 15 is 0 Å². The van der Waals surface area contributed by atoms with E-state index in [-0.39, 0.29) is 0 Å². The van der Waals surface area contributed by atoms with Gasteiger partial charge in [-0.05, 0) is 25.1 Å². The maximum absolute atomic E-state index is 8.53. The molecular formula is C14H20N2O. The van der Waals surface area contributed by atoms with E-state index in [2.05, 4.69) is 17.9 Å². The van der Waals surface area contributed by atoms with Gasteiger partial charge in [-0.1, -0.05) is 25.1 Å². The van der Waals surface area contributed by atoms with Crippen LogP contribution in [0.4, 0.5) is 0 Å². The minimum atomic E-state index is 0.605. The molecule has 0 saturated heterocycles. The van der Waals surface area contributed by atoms with Gasteiger partial charge in [-0.25, -0.2) is 0 Å². The second kappa shape index (κ2) is 8.60. The van der Waals surface area contributed by atoms with E-state index in [0.717, 1.165) is 38.4 Å². The highest BCUT2D eigenvalue weighted by molar-refractivity contribution is 5.20. The molecule has 0 spiro atoms. The first kappa shape index (κ1) is 13.5. The van der Waals surface area contributed by atoms with Crippen molar-refractivity contribution in [2.75, 3.05) is 26.2 Å². The van der Waals surface area contributed by atoms with E-state index in [9.17, 15) is 0 Å². The summed E-state index contributed by atoms with van der Waals surface area (Å²) in [6, 6.07) is 12.0. The van der Waals surface area contributed by atoms with Crippen LogP contribution in [0.25, 0.3) is 0 Å². The average molecular weight is 232 g/mol. The summed E-state index contributed by atoms with van der Waals surface area (Å²) in [5.74, 6) is 0.924. The van der Waals surface area contributed by atoms with Crippen molar-refractivity contribution >= 4 is 0 Å². The standard InChI is InChI=1S/C14H20N2O/c1-2-16(11-6-10-15)12-7-13-17-14-8-4-3-5-9-14/h3-5,8-9H,2,6-7,11-13H2,1H3. The van der Waals surface area contributed by atoms with Crippen LogP contribution in [0.15, 0.2) is 30.3 Å². The van der Waals surface area contributed by atoms with E-state index in [1.165, 1.54) is 0 Å². The fourth-order valence-electron chi connectivity index (χ4n) is 1.63. The van der Waals surface area contributed by atoms with Gasteiger partial charge >= 0.3 is 0 Å². The normalized spacial score (nSPS) is 10.2. The lowest BCUT2D eigenvalue weighted by atomic mass is 10.3. The number of nitriles is 1. The first-order chi connectivity index (χ1) is 8.36. The highest BCUT2D eigenvalue weighted by Crippen LogP contribution is 2.08. The van der Waals surface area contributed by atoms with Gasteiger partial charge in [0.25, 0.3) is 0 Å². The van der Waals surface area contributed by atoms with E-state index in [1.807, 2.05) is 30.3 Å². The van der Waals surface area contributed by atoms with Crippen LogP contribution in [0.2, 0.25) is 0 Å². The Balaban J connectivity index is 2.12. The molecule has 0 unspecified atom stereocenters. The molecule has 0 radical (unpaired) electrons. The number of para-hydroxylation sites is 1. The zero-order valence-corrected chi connectivity index (χ0v) is 10.4. The summed E-state index contributed by atoms with van der Waals surface area (Å²) in [5, 5.41) is 8.53. The van der Waals surface area contributed by atoms with Crippen molar-refractivity contribution in [1.82, 2.24) is 4.90 Å². The summed E-state index contributed by atoms with van der Waals surface area (Å²) in [7, 11) is 0. The van der Waals surface area contributed by atoms with Crippen molar-refractivity contribution in [2.24, 2.45) is 0 Å². The van der Waals surface area contributed by atoms with E-state index in [1.54, 1.807) is 0 Å². The molecule has 0 bridgehead atoms. The summed E-state index contributed by atoms with van der Waals surface area (Å²) < 4.78 is 5.61. The first-order valence-electron chi connectivity index (χ1n) is 6.14. The summed E-state index contributed by atoms with van der Waals surface area (Å²) in [4.78, 5) is 2.28. The first-order valence-corrected chi connectivity index (χ1v) is 6.14. The molecule has 0 aromatic heterocycles. The Morgan fingerprint density at radius 3 is 2.65 bits per heavy atom. The van der Waals surface area contributed by atoms with Crippen molar-refractivity contribution in [3.8, 4) is 11.8 Å². The van der Waals surface area contributed by atoms with Crippen LogP contribution in [-0.2, 0) is 0 Å². The van der Waals surface area contributed by atoms with Gasteiger partial charge in [-0.15, -0.1) is 0 Å². The molecule has 92 valence electrons. The molecule has 1 aromatic rings. The lowest BCUT2D eigenvalue weighted by Crippen LogP contribution is -2.26. The maximum Gasteiger partial charge on any atom is 0.119 e. The van der Waals surface area contributed by atoms with Gasteiger partial charge in [-0.2, -0.15) is 5.26 Å². The summed E-state index contributed by atoms with van der Waals surface area (Å²) in [5.41, 5.74) is 0. The molecule has 1 rings (SSSR count). The summed E-state index contributed by atoms with van der Waals surface area (Å²) >= 11 is 0. The van der Waals surface area contributed by atoms with Crippen LogP contribution in [0.5, 0.6) is 5.75 Å². The van der Waals surface area contributed by atoms with E-state index in [0.29, 0.717) is 6.42 Å². The van der Waals surface area contributed by atoms with Crippen molar-refractivity contribution in [1.29, 1.82) is 5.26 Å². The summed E-state index contributed by atoms with van der Waals surface area (Å²) in [6.07, 6.45) is 1.60. The second-order valence-corrected chi connectivity index (χ2v) is 3.86. The number of benzene rings is 1. The zero-order valence-electron chi connectivity index (χ0n) is 10.4. The van der Waals surface area contributed by atoms with E-state index in [4.69, 9.17) is 10.00 Å². The monoisotopic (exact) mass is 232 g/mol. The molecule has 1 aromatic carbocycles. The Hall–Kier alpha value is -1.53. The molecule has 0 fully saturated rings. The molecule has 0 heterocycles. The molecule has 0 N–H and O–H groups in total. The predicted octanol–water partition coefficient (Wildman–Crippen LogP) is 2.69. The SMILES string of the molecule is CCN(CCC#N)CCCOc1ccccc1. The third-order valence-corrected chi connectivity index (χ3v) is 2.62. The van der Waals surface area contributed by atoms with Gasteiger partial charge in [0.2, 0.25) is 0 Å². The molecule has 0 amide bonds. The third kappa shape index (κ3) is 5.94. The quantitative estimate of drug-likeness (QED) is 0.646. The van der Waals surface area contributed by atoms with E-state index < -0.39 is 0 Å². The van der Waals surface area contributed by atoms with Gasteiger partial charge in [0, 0.05) is 19.5 Å². The fourth-order valence-corrected chi connectivity index (χ4v) is 1.63. The molecule has 0 aliphatic carbocycles. The molecule has 3 nitrogen and oxygen atoms in total. The van der Waals surface area contributed by atoms with Crippen molar-refractivity contribution < 1.29 is 4.74 Å². The van der Waals surface area contributed by atoms with Gasteiger partial charge in [0.15, 0.2) is 0 Å². The lowest BCUT2D eigenvalue weighted by molar-refractivity contribution is 0.245. The van der Waals surface area contributed by atoms with Crippen molar-refractivity contribution in [3.63, 3.8) is 0 Å². The van der Waals surface area contributed by atoms with Crippen LogP contribution >= 0.6 is 0 Å². The largest absolute Gasteiger partial charge is 0.494 e. The number of nitrogens with zero attached hydrogens (tertiary/aromatic N) is 2. The van der Waals surface area contributed by atoms with Crippen LogP contribution in [-0.4, -0.2) is 31.1 Å². The van der Waals surface area contributed by atoms with Gasteiger partial charge in [0.1, 0.15) is 5.75 Å². The minimum absolute atomic E-state index is 0.605. The molecule has 17 heavy (non-hydrogen) atoms. The molecule has 3 heteroatoms. The Kier molecular flexibility index (Phi) is 6.85. The Morgan fingerprint density at radius 2 is 2.00 bits per heavy atom. The lowest BCUT2D eigenvalue weighted by Gasteiger charge is -2.18. The molecule has 0 atom stereocenters. The topological polar surface area (TPSA) is 36.3 Å². The minimum Gasteiger partial charge on any atom is -0.494 e. The second-order valence-electron chi connectivity index (χ2n) is 3.86. The maximum atomic E-state index is 8.53. The fraction of sp³-hybridized carbons (Fsp3) is 0.500. The molecule has 0 aliphatic heterocycles.